The zero-order valence-electron chi connectivity index (χ0n) is 6.54. The number of hydrogen-bond acceptors (Lipinski definition) is 3. The lowest BCUT2D eigenvalue weighted by molar-refractivity contribution is -0.121. The SMILES string of the molecule is CCC(=O)NC1CSCC1O. The van der Waals surface area contributed by atoms with Gasteiger partial charge in [-0.25, -0.2) is 0 Å². The minimum Gasteiger partial charge on any atom is -0.390 e. The summed E-state index contributed by atoms with van der Waals surface area (Å²) in [6, 6.07) is -0.0209. The van der Waals surface area contributed by atoms with Crippen LogP contribution in [0.25, 0.3) is 0 Å². The number of thioether (sulfide) groups is 1. The molecule has 0 saturated carbocycles. The van der Waals surface area contributed by atoms with Gasteiger partial charge in [-0.3, -0.25) is 4.79 Å². The van der Waals surface area contributed by atoms with Crippen molar-refractivity contribution in [2.75, 3.05) is 11.5 Å². The van der Waals surface area contributed by atoms with Gasteiger partial charge >= 0.3 is 0 Å². The Balaban J connectivity index is 2.30. The molecular formula is C7H13NO2S. The smallest absolute Gasteiger partial charge is 0.220 e. The first kappa shape index (κ1) is 8.87. The molecule has 2 atom stereocenters. The molecule has 1 amide bonds. The molecule has 0 aromatic heterocycles. The first-order chi connectivity index (χ1) is 5.24. The first-order valence-corrected chi connectivity index (χ1v) is 4.94. The summed E-state index contributed by atoms with van der Waals surface area (Å²) in [5, 5.41) is 12.1. The quantitative estimate of drug-likeness (QED) is 0.620. The summed E-state index contributed by atoms with van der Waals surface area (Å²) in [6.07, 6.45) is 0.143. The fourth-order valence-corrected chi connectivity index (χ4v) is 2.16. The van der Waals surface area contributed by atoms with Crippen LogP contribution in [0.4, 0.5) is 0 Å². The van der Waals surface area contributed by atoms with Crippen molar-refractivity contribution < 1.29 is 9.90 Å². The van der Waals surface area contributed by atoms with E-state index in [9.17, 15) is 9.90 Å². The first-order valence-electron chi connectivity index (χ1n) is 3.79. The van der Waals surface area contributed by atoms with Crippen molar-refractivity contribution in [1.82, 2.24) is 5.32 Å². The van der Waals surface area contributed by atoms with E-state index in [-0.39, 0.29) is 18.1 Å². The Kier molecular flexibility index (Phi) is 3.20. The number of carbonyl (C=O) groups excluding carboxylic acids is 1. The van der Waals surface area contributed by atoms with E-state index in [0.717, 1.165) is 11.5 Å². The molecular weight excluding hydrogens is 162 g/mol. The van der Waals surface area contributed by atoms with E-state index in [1.54, 1.807) is 11.8 Å². The van der Waals surface area contributed by atoms with Gasteiger partial charge in [-0.1, -0.05) is 6.92 Å². The van der Waals surface area contributed by atoms with Crippen LogP contribution in [-0.4, -0.2) is 34.7 Å². The highest BCUT2D eigenvalue weighted by Gasteiger charge is 2.26. The monoisotopic (exact) mass is 175 g/mol. The van der Waals surface area contributed by atoms with Crippen molar-refractivity contribution in [1.29, 1.82) is 0 Å². The summed E-state index contributed by atoms with van der Waals surface area (Å²) in [5.41, 5.74) is 0. The number of hydrogen-bond donors (Lipinski definition) is 2. The molecule has 2 unspecified atom stereocenters. The summed E-state index contributed by atoms with van der Waals surface area (Å²) < 4.78 is 0. The topological polar surface area (TPSA) is 49.3 Å². The van der Waals surface area contributed by atoms with Crippen LogP contribution in [0.2, 0.25) is 0 Å². The standard InChI is InChI=1S/C7H13NO2S/c1-2-7(10)8-5-3-11-4-6(5)9/h5-6,9H,2-4H2,1H3,(H,8,10). The van der Waals surface area contributed by atoms with E-state index in [1.165, 1.54) is 0 Å². The van der Waals surface area contributed by atoms with Crippen LogP contribution in [0.3, 0.4) is 0 Å². The third-order valence-corrected chi connectivity index (χ3v) is 2.89. The van der Waals surface area contributed by atoms with Crippen LogP contribution >= 0.6 is 11.8 Å². The van der Waals surface area contributed by atoms with Crippen molar-refractivity contribution in [3.8, 4) is 0 Å². The van der Waals surface area contributed by atoms with Crippen LogP contribution < -0.4 is 5.32 Å². The van der Waals surface area contributed by atoms with E-state index >= 15 is 0 Å². The van der Waals surface area contributed by atoms with E-state index < -0.39 is 0 Å². The largest absolute Gasteiger partial charge is 0.390 e. The lowest BCUT2D eigenvalue weighted by Gasteiger charge is -2.14. The predicted octanol–water partition coefficient (Wildman–Crippen LogP) is -0.0111. The second-order valence-corrected chi connectivity index (χ2v) is 3.71. The van der Waals surface area contributed by atoms with Crippen LogP contribution in [0.15, 0.2) is 0 Å². The molecule has 0 radical (unpaired) electrons. The Hall–Kier alpha value is -0.220. The number of amides is 1. The second kappa shape index (κ2) is 3.97. The predicted molar refractivity (Wildman–Crippen MR) is 45.6 cm³/mol. The molecule has 0 aromatic rings. The Bertz CT molecular complexity index is 151. The molecule has 1 aliphatic rings. The molecule has 1 rings (SSSR count). The summed E-state index contributed by atoms with van der Waals surface area (Å²) in [5.74, 6) is 1.61. The van der Waals surface area contributed by atoms with Crippen LogP contribution in [0, 0.1) is 0 Å². The molecule has 1 fully saturated rings. The molecule has 11 heavy (non-hydrogen) atoms. The molecule has 1 heterocycles. The van der Waals surface area contributed by atoms with Crippen molar-refractivity contribution in [2.45, 2.75) is 25.5 Å². The Morgan fingerprint density at radius 1 is 1.73 bits per heavy atom. The average Bonchev–Trinajstić information content (AvgIpc) is 2.37. The van der Waals surface area contributed by atoms with Gasteiger partial charge in [0.05, 0.1) is 12.1 Å². The van der Waals surface area contributed by atoms with Crippen LogP contribution in [0.5, 0.6) is 0 Å². The normalized spacial score (nSPS) is 30.4. The van der Waals surface area contributed by atoms with E-state index in [2.05, 4.69) is 5.32 Å². The zero-order valence-corrected chi connectivity index (χ0v) is 7.36. The van der Waals surface area contributed by atoms with E-state index in [0.29, 0.717) is 6.42 Å². The third-order valence-electron chi connectivity index (χ3n) is 1.72. The molecule has 0 bridgehead atoms. The summed E-state index contributed by atoms with van der Waals surface area (Å²) in [4.78, 5) is 10.9. The van der Waals surface area contributed by atoms with Crippen molar-refractivity contribution in [3.05, 3.63) is 0 Å². The highest BCUT2D eigenvalue weighted by Crippen LogP contribution is 2.17. The van der Waals surface area contributed by atoms with Crippen molar-refractivity contribution >= 4 is 17.7 Å². The molecule has 0 aliphatic carbocycles. The molecule has 3 nitrogen and oxygen atoms in total. The Morgan fingerprint density at radius 2 is 2.45 bits per heavy atom. The molecule has 1 aliphatic heterocycles. The van der Waals surface area contributed by atoms with Gasteiger partial charge in [0.2, 0.25) is 5.91 Å². The molecule has 2 N–H and O–H groups in total. The maximum atomic E-state index is 10.9. The van der Waals surface area contributed by atoms with Gasteiger partial charge in [0.1, 0.15) is 0 Å². The summed E-state index contributed by atoms with van der Waals surface area (Å²) >= 11 is 1.68. The third kappa shape index (κ3) is 2.38. The fraction of sp³-hybridized carbons (Fsp3) is 0.857. The summed E-state index contributed by atoms with van der Waals surface area (Å²) in [7, 11) is 0. The van der Waals surface area contributed by atoms with Gasteiger partial charge in [0.25, 0.3) is 0 Å². The molecule has 0 spiro atoms. The minimum absolute atomic E-state index is 0.0209. The maximum absolute atomic E-state index is 10.9. The Labute approximate surface area is 70.6 Å². The number of aliphatic hydroxyl groups excluding tert-OH is 1. The minimum atomic E-state index is -0.351. The van der Waals surface area contributed by atoms with Crippen molar-refractivity contribution in [3.63, 3.8) is 0 Å². The highest BCUT2D eigenvalue weighted by molar-refractivity contribution is 7.99. The van der Waals surface area contributed by atoms with Crippen LogP contribution in [0.1, 0.15) is 13.3 Å². The number of rotatable bonds is 2. The number of aliphatic hydroxyl groups is 1. The highest BCUT2D eigenvalue weighted by atomic mass is 32.2. The van der Waals surface area contributed by atoms with Gasteiger partial charge < -0.3 is 10.4 Å². The average molecular weight is 175 g/mol. The van der Waals surface area contributed by atoms with Crippen molar-refractivity contribution in [2.24, 2.45) is 0 Å². The van der Waals surface area contributed by atoms with E-state index in [1.807, 2.05) is 6.92 Å². The summed E-state index contributed by atoms with van der Waals surface area (Å²) in [6.45, 7) is 1.81. The van der Waals surface area contributed by atoms with Gasteiger partial charge in [0.15, 0.2) is 0 Å². The Morgan fingerprint density at radius 3 is 2.91 bits per heavy atom. The maximum Gasteiger partial charge on any atom is 0.220 e. The van der Waals surface area contributed by atoms with Gasteiger partial charge in [-0.2, -0.15) is 11.8 Å². The number of carbonyl (C=O) groups is 1. The molecule has 1 saturated heterocycles. The lowest BCUT2D eigenvalue weighted by Crippen LogP contribution is -2.42. The van der Waals surface area contributed by atoms with Gasteiger partial charge in [0, 0.05) is 17.9 Å². The molecule has 64 valence electrons. The molecule has 0 aromatic carbocycles. The fourth-order valence-electron chi connectivity index (χ4n) is 0.990. The number of nitrogens with one attached hydrogen (secondary N) is 1. The second-order valence-electron chi connectivity index (χ2n) is 2.63. The van der Waals surface area contributed by atoms with Gasteiger partial charge in [-0.15, -0.1) is 0 Å². The lowest BCUT2D eigenvalue weighted by atomic mass is 10.2. The van der Waals surface area contributed by atoms with Crippen LogP contribution in [-0.2, 0) is 4.79 Å². The van der Waals surface area contributed by atoms with E-state index in [4.69, 9.17) is 0 Å². The van der Waals surface area contributed by atoms with Gasteiger partial charge in [-0.05, 0) is 0 Å². The molecule has 4 heteroatoms. The zero-order chi connectivity index (χ0) is 8.27.